The van der Waals surface area contributed by atoms with Gasteiger partial charge >= 0.3 is 5.97 Å². The fourth-order valence-electron chi connectivity index (χ4n) is 4.08. The highest BCUT2D eigenvalue weighted by Crippen LogP contribution is 2.50. The van der Waals surface area contributed by atoms with E-state index in [4.69, 9.17) is 9.47 Å². The molecule has 1 aliphatic rings. The van der Waals surface area contributed by atoms with Crippen LogP contribution in [0.2, 0.25) is 0 Å². The summed E-state index contributed by atoms with van der Waals surface area (Å²) in [5, 5.41) is 0. The van der Waals surface area contributed by atoms with Crippen molar-refractivity contribution in [3.8, 4) is 5.75 Å². The van der Waals surface area contributed by atoms with Crippen molar-refractivity contribution in [1.29, 1.82) is 0 Å². The van der Waals surface area contributed by atoms with Crippen molar-refractivity contribution in [2.24, 2.45) is 11.3 Å². The molecule has 0 N–H and O–H groups in total. The minimum Gasteiger partial charge on any atom is -0.464 e. The molecule has 4 nitrogen and oxygen atoms in total. The van der Waals surface area contributed by atoms with E-state index in [-0.39, 0.29) is 5.41 Å². The molecule has 184 valence electrons. The number of benzene rings is 2. The van der Waals surface area contributed by atoms with Gasteiger partial charge in [0.2, 0.25) is 0 Å². The summed E-state index contributed by atoms with van der Waals surface area (Å²) >= 11 is 3.54. The Bertz CT molecular complexity index is 1010. The molecule has 0 bridgehead atoms. The number of hydrogen-bond acceptors (Lipinski definition) is 6. The summed E-state index contributed by atoms with van der Waals surface area (Å²) in [6, 6.07) is 15.0. The van der Waals surface area contributed by atoms with Gasteiger partial charge in [-0.2, -0.15) is 0 Å². The number of rotatable bonds is 7. The number of carbonyl (C=O) groups is 1. The Morgan fingerprint density at radius 1 is 1.24 bits per heavy atom. The summed E-state index contributed by atoms with van der Waals surface area (Å²) in [7, 11) is 0. The van der Waals surface area contributed by atoms with Crippen LogP contribution in [0.25, 0.3) is 0 Å². The van der Waals surface area contributed by atoms with Crippen LogP contribution in [0.4, 0.5) is 11.4 Å². The van der Waals surface area contributed by atoms with Crippen LogP contribution >= 0.6 is 23.5 Å². The van der Waals surface area contributed by atoms with E-state index in [1.54, 1.807) is 11.8 Å². The van der Waals surface area contributed by atoms with Crippen LogP contribution in [0.1, 0.15) is 48.0 Å². The molecule has 2 aromatic carbocycles. The highest BCUT2D eigenvalue weighted by atomic mass is 32.2. The van der Waals surface area contributed by atoms with E-state index in [1.165, 1.54) is 28.6 Å². The van der Waals surface area contributed by atoms with Gasteiger partial charge < -0.3 is 14.4 Å². The standard InChI is InChI=1S/C28H37NO3S2/c1-8-28(20(2)3)18-29(21-12-10-9-11-13-21)22-16-25(33-7)23(17-24(22)34-19-28)31-15-14-26(30)32-27(4,5)6/h9-17,20H,8,18-19H2,1-7H3/b15-14+. The Balaban J connectivity index is 1.99. The summed E-state index contributed by atoms with van der Waals surface area (Å²) in [5.74, 6) is 1.93. The molecular formula is C28H37NO3S2. The molecule has 0 radical (unpaired) electrons. The van der Waals surface area contributed by atoms with Gasteiger partial charge in [-0.25, -0.2) is 4.79 Å². The molecule has 0 aromatic heterocycles. The van der Waals surface area contributed by atoms with Crippen molar-refractivity contribution < 1.29 is 14.3 Å². The monoisotopic (exact) mass is 499 g/mol. The van der Waals surface area contributed by atoms with E-state index >= 15 is 0 Å². The quantitative estimate of drug-likeness (QED) is 0.167. The lowest BCUT2D eigenvalue weighted by Gasteiger charge is -2.39. The number of anilines is 2. The molecule has 1 aliphatic heterocycles. The SMILES string of the molecule is CCC1(C(C)C)CSc2cc(O/C=C/C(=O)OC(C)(C)C)c(SC)cc2N(c2ccccc2)C1. The van der Waals surface area contributed by atoms with E-state index in [0.29, 0.717) is 5.92 Å². The average Bonchev–Trinajstić information content (AvgIpc) is 2.95. The fourth-order valence-corrected chi connectivity index (χ4v) is 6.20. The molecule has 1 atom stereocenters. The number of hydrogen-bond donors (Lipinski definition) is 0. The first-order valence-corrected chi connectivity index (χ1v) is 14.0. The minimum atomic E-state index is -0.532. The van der Waals surface area contributed by atoms with Crippen molar-refractivity contribution in [1.82, 2.24) is 0 Å². The van der Waals surface area contributed by atoms with Crippen LogP contribution in [-0.2, 0) is 9.53 Å². The molecule has 2 aromatic rings. The first-order chi connectivity index (χ1) is 16.1. The molecule has 0 aliphatic carbocycles. The molecule has 1 heterocycles. The van der Waals surface area contributed by atoms with Gasteiger partial charge in [0.05, 0.1) is 22.9 Å². The van der Waals surface area contributed by atoms with Gasteiger partial charge in [0, 0.05) is 22.9 Å². The van der Waals surface area contributed by atoms with Gasteiger partial charge in [-0.15, -0.1) is 23.5 Å². The maximum absolute atomic E-state index is 12.0. The lowest BCUT2D eigenvalue weighted by molar-refractivity contribution is -0.148. The zero-order valence-electron chi connectivity index (χ0n) is 21.4. The average molecular weight is 500 g/mol. The van der Waals surface area contributed by atoms with Crippen LogP contribution < -0.4 is 9.64 Å². The highest BCUT2D eigenvalue weighted by Gasteiger charge is 2.38. The van der Waals surface area contributed by atoms with Crippen molar-refractivity contribution in [3.63, 3.8) is 0 Å². The lowest BCUT2D eigenvalue weighted by atomic mass is 9.76. The van der Waals surface area contributed by atoms with Crippen LogP contribution in [0, 0.1) is 11.3 Å². The molecule has 6 heteroatoms. The topological polar surface area (TPSA) is 38.8 Å². The Hall–Kier alpha value is -2.05. The minimum absolute atomic E-state index is 0.191. The molecule has 0 spiro atoms. The van der Waals surface area contributed by atoms with E-state index in [9.17, 15) is 4.79 Å². The smallest absolute Gasteiger partial charge is 0.334 e. The van der Waals surface area contributed by atoms with Crippen molar-refractivity contribution in [2.75, 3.05) is 23.5 Å². The Labute approximate surface area is 213 Å². The number of ether oxygens (including phenoxy) is 2. The maximum atomic E-state index is 12.0. The van der Waals surface area contributed by atoms with Crippen LogP contribution in [0.15, 0.2) is 64.6 Å². The van der Waals surface area contributed by atoms with Gasteiger partial charge in [-0.3, -0.25) is 0 Å². The third-order valence-electron chi connectivity index (χ3n) is 6.33. The van der Waals surface area contributed by atoms with Gasteiger partial charge in [0.25, 0.3) is 0 Å². The molecule has 3 rings (SSSR count). The first kappa shape index (κ1) is 26.6. The second kappa shape index (κ2) is 11.1. The molecule has 0 fully saturated rings. The van der Waals surface area contributed by atoms with Crippen molar-refractivity contribution in [3.05, 3.63) is 54.8 Å². The third kappa shape index (κ3) is 6.33. The van der Waals surface area contributed by atoms with Gasteiger partial charge in [0.1, 0.15) is 11.4 Å². The molecule has 1 unspecified atom stereocenters. The first-order valence-electron chi connectivity index (χ1n) is 11.8. The second-order valence-electron chi connectivity index (χ2n) is 10.0. The molecule has 0 saturated heterocycles. The normalized spacial score (nSPS) is 18.6. The second-order valence-corrected chi connectivity index (χ2v) is 11.9. The molecule has 0 amide bonds. The van der Waals surface area contributed by atoms with Crippen molar-refractivity contribution >= 4 is 40.9 Å². The summed E-state index contributed by atoms with van der Waals surface area (Å²) in [6.45, 7) is 13.5. The predicted molar refractivity (Wildman–Crippen MR) is 146 cm³/mol. The molecule has 34 heavy (non-hydrogen) atoms. The summed E-state index contributed by atoms with van der Waals surface area (Å²) in [4.78, 5) is 16.7. The van der Waals surface area contributed by atoms with Crippen molar-refractivity contribution in [2.45, 2.75) is 63.4 Å². The number of thioether (sulfide) groups is 2. The summed E-state index contributed by atoms with van der Waals surface area (Å²) in [5.41, 5.74) is 2.07. The van der Waals surface area contributed by atoms with Crippen LogP contribution in [0.3, 0.4) is 0 Å². The van der Waals surface area contributed by atoms with Crippen LogP contribution in [0.5, 0.6) is 5.75 Å². The number of fused-ring (bicyclic) bond motifs is 1. The number of nitrogens with zero attached hydrogens (tertiary/aromatic N) is 1. The largest absolute Gasteiger partial charge is 0.464 e. The van der Waals surface area contributed by atoms with Gasteiger partial charge in [-0.1, -0.05) is 39.0 Å². The zero-order chi connectivity index (χ0) is 24.9. The number of para-hydroxylation sites is 1. The van der Waals surface area contributed by atoms with E-state index in [0.717, 1.165) is 29.4 Å². The fraction of sp³-hybridized carbons (Fsp3) is 0.464. The molecule has 0 saturated carbocycles. The van der Waals surface area contributed by atoms with Gasteiger partial charge in [0.15, 0.2) is 0 Å². The predicted octanol–water partition coefficient (Wildman–Crippen LogP) is 7.94. The Morgan fingerprint density at radius 2 is 1.94 bits per heavy atom. The van der Waals surface area contributed by atoms with E-state index < -0.39 is 11.6 Å². The number of esters is 1. The zero-order valence-corrected chi connectivity index (χ0v) is 23.0. The molecular weight excluding hydrogens is 462 g/mol. The lowest BCUT2D eigenvalue weighted by Crippen LogP contribution is -2.39. The summed E-state index contributed by atoms with van der Waals surface area (Å²) in [6.07, 6.45) is 5.93. The van der Waals surface area contributed by atoms with Gasteiger partial charge in [-0.05, 0) is 69.0 Å². The number of carbonyl (C=O) groups excluding carboxylic acids is 1. The Kier molecular flexibility index (Phi) is 8.69. The maximum Gasteiger partial charge on any atom is 0.334 e. The third-order valence-corrected chi connectivity index (χ3v) is 8.44. The Morgan fingerprint density at radius 3 is 2.53 bits per heavy atom. The highest BCUT2D eigenvalue weighted by molar-refractivity contribution is 7.99. The summed E-state index contributed by atoms with van der Waals surface area (Å²) < 4.78 is 11.3. The van der Waals surface area contributed by atoms with E-state index in [1.807, 2.05) is 38.8 Å². The van der Waals surface area contributed by atoms with E-state index in [2.05, 4.69) is 68.1 Å². The van der Waals surface area contributed by atoms with Crippen LogP contribution in [-0.4, -0.2) is 30.1 Å².